The third-order valence-corrected chi connectivity index (χ3v) is 15.7. The van der Waals surface area contributed by atoms with Crippen molar-refractivity contribution in [2.24, 2.45) is 11.3 Å². The van der Waals surface area contributed by atoms with Gasteiger partial charge in [-0.1, -0.05) is 43.7 Å². The molecule has 1 aliphatic carbocycles. The number of hydrogen-bond acceptors (Lipinski definition) is 9. The minimum Gasteiger partial charge on any atom is -0.467 e. The van der Waals surface area contributed by atoms with Crippen LogP contribution in [0.25, 0.3) is 10.9 Å². The van der Waals surface area contributed by atoms with Crippen LogP contribution in [0.3, 0.4) is 0 Å². The van der Waals surface area contributed by atoms with Crippen LogP contribution in [0.1, 0.15) is 93.3 Å². The summed E-state index contributed by atoms with van der Waals surface area (Å²) < 4.78 is 11.7. The number of ether oxygens (including phenoxy) is 2. The van der Waals surface area contributed by atoms with Gasteiger partial charge in [-0.2, -0.15) is 0 Å². The summed E-state index contributed by atoms with van der Waals surface area (Å²) in [5.74, 6) is -1.05. The van der Waals surface area contributed by atoms with Crippen LogP contribution in [0.5, 0.6) is 0 Å². The van der Waals surface area contributed by atoms with Gasteiger partial charge >= 0.3 is 11.9 Å². The van der Waals surface area contributed by atoms with E-state index in [1.165, 1.54) is 41.8 Å². The number of aromatic amines is 1. The second-order valence-electron chi connectivity index (χ2n) is 18.8. The highest BCUT2D eigenvalue weighted by Gasteiger charge is 2.80. The Labute approximate surface area is 331 Å². The van der Waals surface area contributed by atoms with Crippen LogP contribution >= 0.6 is 0 Å². The number of carbonyl (C=O) groups is 2. The van der Waals surface area contributed by atoms with Crippen molar-refractivity contribution in [2.45, 2.75) is 120 Å². The highest BCUT2D eigenvalue weighted by molar-refractivity contribution is 5.88. The molecule has 56 heavy (non-hydrogen) atoms. The first-order valence-corrected chi connectivity index (χ1v) is 20.9. The van der Waals surface area contributed by atoms with Gasteiger partial charge in [0.05, 0.1) is 18.8 Å². The molecular weight excluding hydrogens is 705 g/mol. The summed E-state index contributed by atoms with van der Waals surface area (Å²) >= 11 is 0. The second-order valence-corrected chi connectivity index (χ2v) is 18.8. The van der Waals surface area contributed by atoms with Crippen LogP contribution in [0.2, 0.25) is 0 Å². The van der Waals surface area contributed by atoms with E-state index in [9.17, 15) is 19.8 Å². The Kier molecular flexibility index (Phi) is 8.55. The van der Waals surface area contributed by atoms with E-state index in [1.807, 2.05) is 7.05 Å². The van der Waals surface area contributed by atoms with Gasteiger partial charge in [-0.05, 0) is 112 Å². The molecule has 1 saturated carbocycles. The lowest BCUT2D eigenvalue weighted by molar-refractivity contribution is -0.228. The summed E-state index contributed by atoms with van der Waals surface area (Å²) in [6, 6.07) is 10.6. The molecule has 10 atom stereocenters. The molecule has 5 aliphatic heterocycles. The number of fused-ring (bicyclic) bond motifs is 6. The number of benzene rings is 2. The molecule has 6 aliphatic rings. The van der Waals surface area contributed by atoms with E-state index in [-0.39, 0.29) is 12.0 Å². The molecule has 10 heteroatoms. The van der Waals surface area contributed by atoms with Crippen molar-refractivity contribution < 1.29 is 29.3 Å². The molecule has 3 fully saturated rings. The molecule has 6 heterocycles. The molecular formula is C46H60N4O6. The van der Waals surface area contributed by atoms with Gasteiger partial charge in [0.1, 0.15) is 0 Å². The highest BCUT2D eigenvalue weighted by Crippen LogP contribution is 2.68. The fourth-order valence-electron chi connectivity index (χ4n) is 13.7. The third-order valence-electron chi connectivity index (χ3n) is 15.7. The van der Waals surface area contributed by atoms with Crippen LogP contribution < -0.4 is 4.90 Å². The average Bonchev–Trinajstić information content (AvgIpc) is 3.82. The number of anilines is 1. The molecule has 1 aromatic heterocycles. The van der Waals surface area contributed by atoms with E-state index in [4.69, 9.17) is 9.47 Å². The van der Waals surface area contributed by atoms with Gasteiger partial charge in [-0.25, -0.2) is 4.79 Å². The summed E-state index contributed by atoms with van der Waals surface area (Å²) in [6.07, 6.45) is 7.61. The molecule has 300 valence electrons. The number of hydrogen-bond donors (Lipinski definition) is 3. The molecule has 0 radical (unpaired) electrons. The number of likely N-dealkylation sites (N-methyl/N-ethyl adjacent to an activating group) is 1. The van der Waals surface area contributed by atoms with Gasteiger partial charge in [0, 0.05) is 84.7 Å². The Morgan fingerprint density at radius 2 is 1.80 bits per heavy atom. The quantitative estimate of drug-likeness (QED) is 0.231. The summed E-state index contributed by atoms with van der Waals surface area (Å²) in [5.41, 5.74) is 4.60. The molecule has 2 unspecified atom stereocenters. The topological polar surface area (TPSA) is 119 Å². The summed E-state index contributed by atoms with van der Waals surface area (Å²) in [4.78, 5) is 38.4. The normalized spacial score (nSPS) is 38.5. The molecule has 2 bridgehead atoms. The first-order chi connectivity index (χ1) is 26.6. The maximum Gasteiger partial charge on any atom is 0.344 e. The highest BCUT2D eigenvalue weighted by atomic mass is 16.6. The third kappa shape index (κ3) is 4.88. The van der Waals surface area contributed by atoms with Gasteiger partial charge in [0.15, 0.2) is 6.10 Å². The molecule has 10 nitrogen and oxygen atoms in total. The molecule has 9 rings (SSSR count). The fraction of sp³-hybridized carbons (Fsp3) is 0.609. The summed E-state index contributed by atoms with van der Waals surface area (Å²) in [5, 5.41) is 26.5. The van der Waals surface area contributed by atoms with Crippen LogP contribution in [0.4, 0.5) is 5.69 Å². The minimum atomic E-state index is -2.16. The number of nitrogens with one attached hydrogen (secondary N) is 1. The molecule has 1 spiro atoms. The number of H-pyrrole nitrogens is 1. The van der Waals surface area contributed by atoms with Gasteiger partial charge in [-0.15, -0.1) is 0 Å². The van der Waals surface area contributed by atoms with Crippen LogP contribution in [-0.2, 0) is 36.3 Å². The van der Waals surface area contributed by atoms with Crippen molar-refractivity contribution in [3.63, 3.8) is 0 Å². The lowest BCUT2D eigenvalue weighted by Gasteiger charge is -2.63. The van der Waals surface area contributed by atoms with Crippen molar-refractivity contribution >= 4 is 28.5 Å². The average molecular weight is 765 g/mol. The number of methoxy groups -OCH3 is 1. The molecule has 0 amide bonds. The number of carbonyl (C=O) groups excluding carboxylic acids is 2. The maximum atomic E-state index is 14.3. The number of esters is 2. The van der Waals surface area contributed by atoms with E-state index in [0.717, 1.165) is 80.6 Å². The lowest BCUT2D eigenvalue weighted by Crippen LogP contribution is -2.81. The van der Waals surface area contributed by atoms with Crippen LogP contribution in [0.15, 0.2) is 42.5 Å². The zero-order valence-electron chi connectivity index (χ0n) is 34.5. The van der Waals surface area contributed by atoms with Crippen molar-refractivity contribution in [3.8, 4) is 0 Å². The Morgan fingerprint density at radius 1 is 1.02 bits per heavy atom. The second kappa shape index (κ2) is 12.6. The minimum absolute atomic E-state index is 0.144. The van der Waals surface area contributed by atoms with Gasteiger partial charge in [-0.3, -0.25) is 14.6 Å². The van der Waals surface area contributed by atoms with E-state index in [1.54, 1.807) is 0 Å². The Hall–Kier alpha value is -3.70. The monoisotopic (exact) mass is 764 g/mol. The molecule has 2 aromatic carbocycles. The summed E-state index contributed by atoms with van der Waals surface area (Å²) in [6.45, 7) is 16.4. The zero-order chi connectivity index (χ0) is 39.7. The van der Waals surface area contributed by atoms with E-state index >= 15 is 0 Å². The van der Waals surface area contributed by atoms with E-state index in [0.29, 0.717) is 13.0 Å². The van der Waals surface area contributed by atoms with Crippen molar-refractivity contribution in [1.29, 1.82) is 0 Å². The Morgan fingerprint density at radius 3 is 2.52 bits per heavy atom. The standard InChI is InChI=1S/C46H60N4O6/c1-9-43(53)24-30-23-42(6,37-31(14-18-49(25-30)26-43)32-20-27(3)12-13-35(32)47-37)33-22-34-36(21-28(33)4)48(7)39-45(34)16-19-50-17-11-15-44(10-2,38(45)50)40(56-29(5)51)46(39,54)41(52)55-8/h11-13,15,20-22,30,38-40,47,53-54H,9-10,14,16-19,23-26H2,1-8H3/t30-,38+,39?,40-,42-,43+,44-,45-,46+/m1/s1. The molecule has 3 aromatic rings. The largest absolute Gasteiger partial charge is 0.467 e. The Balaban J connectivity index is 1.30. The number of piperidine rings is 1. The number of aryl methyl sites for hydroxylation is 2. The lowest BCUT2D eigenvalue weighted by atomic mass is 9.47. The first kappa shape index (κ1) is 37.9. The maximum absolute atomic E-state index is 14.3. The first-order valence-electron chi connectivity index (χ1n) is 20.9. The van der Waals surface area contributed by atoms with E-state index < -0.39 is 51.5 Å². The number of rotatable bonds is 5. The SMILES string of the molecule is CC[C@]1(O)C[C@@H]2CN(CCc3c([nH]c4ccc(C)cc34)[C@@](C)(c3cc4c(cc3C)N(C)C3[C@]45CCN4CC=C[C@@](CC)([C@@H](OC(C)=O)[C@]3(O)C(=O)OC)[C@H]45)C2)C1. The van der Waals surface area contributed by atoms with Crippen molar-refractivity contribution in [3.05, 3.63) is 76.0 Å². The molecule has 3 N–H and O–H groups in total. The molecule has 2 saturated heterocycles. The van der Waals surface area contributed by atoms with E-state index in [2.05, 4.69) is 96.8 Å². The van der Waals surface area contributed by atoms with Crippen LogP contribution in [0, 0.1) is 25.2 Å². The van der Waals surface area contributed by atoms with Gasteiger partial charge in [0.25, 0.3) is 0 Å². The van der Waals surface area contributed by atoms with Crippen LogP contribution in [-0.4, -0.2) is 113 Å². The van der Waals surface area contributed by atoms with Gasteiger partial charge < -0.3 is 29.6 Å². The zero-order valence-corrected chi connectivity index (χ0v) is 34.5. The Bertz CT molecular complexity index is 2160. The fourth-order valence-corrected chi connectivity index (χ4v) is 13.7. The number of aromatic nitrogens is 1. The van der Waals surface area contributed by atoms with Crippen molar-refractivity contribution in [1.82, 2.24) is 14.8 Å². The predicted octanol–water partition coefficient (Wildman–Crippen LogP) is 5.45. The summed E-state index contributed by atoms with van der Waals surface area (Å²) in [7, 11) is 3.30. The number of nitrogens with zero attached hydrogens (tertiary/aromatic N) is 3. The number of aliphatic hydroxyl groups is 2. The van der Waals surface area contributed by atoms with Crippen molar-refractivity contribution in [2.75, 3.05) is 51.8 Å². The predicted molar refractivity (Wildman–Crippen MR) is 217 cm³/mol. The smallest absolute Gasteiger partial charge is 0.344 e. The van der Waals surface area contributed by atoms with Gasteiger partial charge in [0.2, 0.25) is 5.60 Å².